The zero-order chi connectivity index (χ0) is 44.1. The number of likely N-dealkylation sites (N-methyl/N-ethyl adjacent to an activating group) is 1. The third kappa shape index (κ3) is 12.6. The molecule has 0 bridgehead atoms. The number of rotatable bonds is 13. The van der Waals surface area contributed by atoms with Crippen molar-refractivity contribution in [2.45, 2.75) is 94.2 Å². The van der Waals surface area contributed by atoms with Gasteiger partial charge in [-0.15, -0.1) is 0 Å². The fraction of sp³-hybridized carbons (Fsp3) is 0.409. The molecule has 16 nitrogen and oxygen atoms in total. The summed E-state index contributed by atoms with van der Waals surface area (Å²) in [6, 6.07) is 14.5. The van der Waals surface area contributed by atoms with E-state index in [0.29, 0.717) is 36.1 Å². The molecule has 0 radical (unpaired) electrons. The van der Waals surface area contributed by atoms with Gasteiger partial charge in [0, 0.05) is 43.4 Å². The van der Waals surface area contributed by atoms with Crippen molar-refractivity contribution >= 4 is 59.0 Å². The average molecular weight is 857 g/mol. The Morgan fingerprint density at radius 1 is 0.672 bits per heavy atom. The van der Waals surface area contributed by atoms with Gasteiger partial charge >= 0.3 is 0 Å². The molecule has 17 heteroatoms. The number of benzene rings is 3. The molecule has 0 spiro atoms. The number of nitrogens with zero attached hydrogens (tertiary/aromatic N) is 1. The number of nitrogens with two attached hydrogens (primary N) is 1. The average Bonchev–Trinajstić information content (AvgIpc) is 3.66. The Morgan fingerprint density at radius 3 is 1.92 bits per heavy atom. The molecule has 10 N–H and O–H groups in total. The topological polar surface area (TPSA) is 248 Å². The van der Waals surface area contributed by atoms with Gasteiger partial charge < -0.3 is 52.4 Å². The highest BCUT2D eigenvalue weighted by molar-refractivity contribution is 7.80. The standard InChI is InChI=1S/C44H56N8O8S/c1-26(53)38-43(59)50-36(23-27-10-4-3-5-11-27)44(60)52(2)37(19-21-61)42(58)49-34(22-28-15-17-30(54)18-16-28)40(56)48-35(24-29-25-46-32-13-7-6-12-31(29)32)41(57)47-33(39(55)51-38)14-8-9-20-45/h3-7,10-13,15-18,25-26,33-38,46,53-54,61H,8-9,14,19-24,45H2,1-2H3,(H,47,57)(H,48,56)(H,49,58)(H,50,59)(H,51,55)/t26-,33+,34+,35+,36+,37-,38+/m1/s1. The lowest BCUT2D eigenvalue weighted by molar-refractivity contribution is -0.143. The summed E-state index contributed by atoms with van der Waals surface area (Å²) in [5.41, 5.74) is 8.50. The minimum Gasteiger partial charge on any atom is -0.508 e. The van der Waals surface area contributed by atoms with Crippen molar-refractivity contribution in [2.75, 3.05) is 19.3 Å². The molecular weight excluding hydrogens is 801 g/mol. The van der Waals surface area contributed by atoms with Crippen molar-refractivity contribution in [3.05, 3.63) is 102 Å². The summed E-state index contributed by atoms with van der Waals surface area (Å²) < 4.78 is 0. The number of thiol groups is 1. The maximum absolute atomic E-state index is 14.5. The minimum atomic E-state index is -1.56. The zero-order valence-electron chi connectivity index (χ0n) is 34.3. The number of carbonyl (C=O) groups excluding carboxylic acids is 6. The number of aliphatic hydroxyl groups excluding tert-OH is 1. The Balaban J connectivity index is 1.60. The third-order valence-electron chi connectivity index (χ3n) is 10.8. The Labute approximate surface area is 360 Å². The lowest BCUT2D eigenvalue weighted by atomic mass is 10.00. The molecule has 2 heterocycles. The van der Waals surface area contributed by atoms with E-state index < -0.39 is 77.8 Å². The Kier molecular flexibility index (Phi) is 16.7. The Hall–Kier alpha value is -5.91. The van der Waals surface area contributed by atoms with Crippen molar-refractivity contribution in [3.63, 3.8) is 0 Å². The third-order valence-corrected chi connectivity index (χ3v) is 11.1. The highest BCUT2D eigenvalue weighted by Crippen LogP contribution is 2.20. The van der Waals surface area contributed by atoms with Crippen LogP contribution < -0.4 is 32.3 Å². The Bertz CT molecular complexity index is 2130. The summed E-state index contributed by atoms with van der Waals surface area (Å²) in [6.45, 7) is 1.63. The summed E-state index contributed by atoms with van der Waals surface area (Å²) in [7, 11) is 1.41. The van der Waals surface area contributed by atoms with Crippen LogP contribution in [0.3, 0.4) is 0 Å². The number of hydrogen-bond acceptors (Lipinski definition) is 10. The lowest BCUT2D eigenvalue weighted by Gasteiger charge is -2.33. The number of hydrogen-bond donors (Lipinski definition) is 10. The molecular formula is C44H56N8O8S. The van der Waals surface area contributed by atoms with Crippen LogP contribution in [0.5, 0.6) is 5.75 Å². The zero-order valence-corrected chi connectivity index (χ0v) is 35.2. The summed E-state index contributed by atoms with van der Waals surface area (Å²) in [5, 5.41) is 35.4. The molecule has 1 aliphatic rings. The molecule has 4 aromatic rings. The second kappa shape index (κ2) is 22.1. The maximum atomic E-state index is 14.5. The Morgan fingerprint density at radius 2 is 1.25 bits per heavy atom. The van der Waals surface area contributed by atoms with Gasteiger partial charge in [0.05, 0.1) is 6.10 Å². The van der Waals surface area contributed by atoms with Gasteiger partial charge in [-0.3, -0.25) is 28.8 Å². The van der Waals surface area contributed by atoms with Gasteiger partial charge in [-0.25, -0.2) is 0 Å². The fourth-order valence-electron chi connectivity index (χ4n) is 7.37. The molecule has 61 heavy (non-hydrogen) atoms. The number of nitrogens with one attached hydrogen (secondary N) is 6. The van der Waals surface area contributed by atoms with Crippen molar-refractivity contribution in [2.24, 2.45) is 5.73 Å². The minimum absolute atomic E-state index is 0.00615. The molecule has 7 atom stereocenters. The largest absolute Gasteiger partial charge is 0.508 e. The number of aliphatic hydroxyl groups is 1. The van der Waals surface area contributed by atoms with E-state index >= 15 is 0 Å². The van der Waals surface area contributed by atoms with Crippen LogP contribution in [-0.4, -0.2) is 117 Å². The number of amides is 6. The van der Waals surface area contributed by atoms with Crippen LogP contribution in [0.15, 0.2) is 85.1 Å². The van der Waals surface area contributed by atoms with Crippen LogP contribution in [-0.2, 0) is 48.0 Å². The van der Waals surface area contributed by atoms with Gasteiger partial charge in [0.25, 0.3) is 0 Å². The van der Waals surface area contributed by atoms with Gasteiger partial charge in [0.2, 0.25) is 35.4 Å². The highest BCUT2D eigenvalue weighted by atomic mass is 32.1. The van der Waals surface area contributed by atoms with E-state index in [9.17, 15) is 39.0 Å². The van der Waals surface area contributed by atoms with Gasteiger partial charge in [0.15, 0.2) is 0 Å². The van der Waals surface area contributed by atoms with E-state index in [1.807, 2.05) is 24.3 Å². The van der Waals surface area contributed by atoms with Gasteiger partial charge in [-0.2, -0.15) is 12.6 Å². The number of carbonyl (C=O) groups is 6. The number of H-pyrrole nitrogens is 1. The van der Waals surface area contributed by atoms with Crippen LogP contribution in [0.1, 0.15) is 49.3 Å². The summed E-state index contributed by atoms with van der Waals surface area (Å²) in [4.78, 5) is 90.3. The van der Waals surface area contributed by atoms with Crippen molar-refractivity contribution < 1.29 is 39.0 Å². The predicted octanol–water partition coefficient (Wildman–Crippen LogP) is 0.996. The predicted molar refractivity (Wildman–Crippen MR) is 233 cm³/mol. The number of aromatic nitrogens is 1. The SMILES string of the molecule is C[C@@H](O)[C@@H]1NC(=O)[C@H](CCCCN)NC(=O)[C@H](Cc2c[nH]c3ccccc23)NC(=O)[C@H](Cc2ccc(O)cc2)NC(=O)[C@@H](CCS)N(C)C(=O)[C@H](Cc2ccccc2)NC1=O. The molecule has 326 valence electrons. The van der Waals surface area contributed by atoms with Crippen molar-refractivity contribution in [1.29, 1.82) is 0 Å². The molecule has 0 unspecified atom stereocenters. The first kappa shape index (κ1) is 46.2. The molecule has 3 aromatic carbocycles. The van der Waals surface area contributed by atoms with Crippen LogP contribution in [0.4, 0.5) is 0 Å². The van der Waals surface area contributed by atoms with Gasteiger partial charge in [0.1, 0.15) is 42.0 Å². The molecule has 1 saturated heterocycles. The summed E-state index contributed by atoms with van der Waals surface area (Å²) >= 11 is 4.37. The first-order valence-electron chi connectivity index (χ1n) is 20.4. The van der Waals surface area contributed by atoms with Crippen LogP contribution >= 0.6 is 12.6 Å². The smallest absolute Gasteiger partial charge is 0.245 e. The molecule has 6 amide bonds. The monoisotopic (exact) mass is 856 g/mol. The number of aromatic amines is 1. The van der Waals surface area contributed by atoms with Gasteiger partial charge in [-0.1, -0.05) is 60.7 Å². The lowest BCUT2D eigenvalue weighted by Crippen LogP contribution is -2.63. The van der Waals surface area contributed by atoms with Gasteiger partial charge in [-0.05, 0) is 79.8 Å². The summed E-state index contributed by atoms with van der Waals surface area (Å²) in [6.07, 6.45) is 1.26. The molecule has 0 aliphatic carbocycles. The molecule has 0 saturated carbocycles. The van der Waals surface area contributed by atoms with E-state index in [1.54, 1.807) is 48.7 Å². The van der Waals surface area contributed by atoms with Crippen molar-refractivity contribution in [3.8, 4) is 5.75 Å². The van der Waals surface area contributed by atoms with Crippen LogP contribution in [0.2, 0.25) is 0 Å². The van der Waals surface area contributed by atoms with Crippen LogP contribution in [0, 0.1) is 0 Å². The maximum Gasteiger partial charge on any atom is 0.245 e. The first-order chi connectivity index (χ1) is 29.3. The number of fused-ring (bicyclic) bond motifs is 1. The quantitative estimate of drug-likeness (QED) is 0.0680. The first-order valence-corrected chi connectivity index (χ1v) is 21.1. The number of para-hydroxylation sites is 1. The second-order valence-corrected chi connectivity index (χ2v) is 15.8. The number of phenols is 1. The second-order valence-electron chi connectivity index (χ2n) is 15.4. The number of aromatic hydroxyl groups is 1. The molecule has 5 rings (SSSR count). The summed E-state index contributed by atoms with van der Waals surface area (Å²) in [5.74, 6) is -4.28. The van der Waals surface area contributed by atoms with E-state index in [0.717, 1.165) is 10.9 Å². The molecule has 1 fully saturated rings. The van der Waals surface area contributed by atoms with E-state index in [2.05, 4.69) is 44.2 Å². The number of phenolic OH excluding ortho intramolecular Hbond substituents is 1. The normalized spacial score (nSPS) is 22.9. The van der Waals surface area contributed by atoms with Crippen molar-refractivity contribution in [1.82, 2.24) is 36.5 Å². The number of unbranched alkanes of at least 4 members (excludes halogenated alkanes) is 1. The fourth-order valence-corrected chi connectivity index (χ4v) is 7.62. The van der Waals surface area contributed by atoms with E-state index in [1.165, 1.54) is 31.0 Å². The molecule has 1 aliphatic heterocycles. The molecule has 1 aromatic heterocycles. The van der Waals surface area contributed by atoms with Crippen LogP contribution in [0.25, 0.3) is 10.9 Å². The highest BCUT2D eigenvalue weighted by Gasteiger charge is 2.38. The van der Waals surface area contributed by atoms with E-state index in [-0.39, 0.29) is 43.6 Å². The van der Waals surface area contributed by atoms with E-state index in [4.69, 9.17) is 5.73 Å².